The van der Waals surface area contributed by atoms with Crippen molar-refractivity contribution in [2.45, 2.75) is 0 Å². The van der Waals surface area contributed by atoms with Crippen LogP contribution in [0.4, 0.5) is 0 Å². The first-order valence-electron chi connectivity index (χ1n) is 6.46. The minimum absolute atomic E-state index is 0.148. The van der Waals surface area contributed by atoms with Crippen molar-refractivity contribution >= 4 is 18.0 Å². The van der Waals surface area contributed by atoms with Crippen molar-refractivity contribution in [3.63, 3.8) is 0 Å². The third-order valence-electron chi connectivity index (χ3n) is 2.67. The smallest absolute Gasteiger partial charge is 0.287 e. The molecule has 0 aliphatic heterocycles. The number of carbonyl (C=O) groups excluding carboxylic acids is 2. The first-order valence-corrected chi connectivity index (χ1v) is 6.46. The number of rotatable bonds is 6. The Bertz CT molecular complexity index is 648. The van der Waals surface area contributed by atoms with E-state index < -0.39 is 11.8 Å². The number of benzene rings is 1. The highest BCUT2D eigenvalue weighted by molar-refractivity contribution is 5.94. The molecule has 0 aliphatic carbocycles. The number of carbonyl (C=O) groups is 2. The van der Waals surface area contributed by atoms with Gasteiger partial charge in [0, 0.05) is 0 Å². The van der Waals surface area contributed by atoms with Gasteiger partial charge in [0.25, 0.3) is 11.8 Å². The second kappa shape index (κ2) is 7.63. The summed E-state index contributed by atoms with van der Waals surface area (Å²) in [5.41, 5.74) is 3.12. The van der Waals surface area contributed by atoms with Crippen LogP contribution in [0.25, 0.3) is 0 Å². The Morgan fingerprint density at radius 2 is 2.05 bits per heavy atom. The Morgan fingerprint density at radius 1 is 1.27 bits per heavy atom. The number of hydrogen-bond acceptors (Lipinski definition) is 5. The molecule has 2 rings (SSSR count). The van der Waals surface area contributed by atoms with Crippen LogP contribution in [0.5, 0.6) is 5.75 Å². The molecule has 1 aromatic carbocycles. The molecule has 0 radical (unpaired) electrons. The molecule has 0 unspecified atom stereocenters. The largest absolute Gasteiger partial charge is 0.497 e. The van der Waals surface area contributed by atoms with Crippen molar-refractivity contribution in [2.24, 2.45) is 5.10 Å². The highest BCUT2D eigenvalue weighted by Crippen LogP contribution is 2.09. The fourth-order valence-electron chi connectivity index (χ4n) is 1.56. The van der Waals surface area contributed by atoms with E-state index in [9.17, 15) is 9.59 Å². The molecule has 0 saturated heterocycles. The molecule has 0 saturated carbocycles. The molecule has 2 N–H and O–H groups in total. The van der Waals surface area contributed by atoms with E-state index in [-0.39, 0.29) is 12.3 Å². The van der Waals surface area contributed by atoms with Gasteiger partial charge in [0.1, 0.15) is 5.75 Å². The maximum absolute atomic E-state index is 11.5. The van der Waals surface area contributed by atoms with Crippen LogP contribution < -0.4 is 15.5 Å². The number of ether oxygens (including phenoxy) is 1. The van der Waals surface area contributed by atoms with E-state index in [1.807, 2.05) is 0 Å². The van der Waals surface area contributed by atoms with Gasteiger partial charge in [-0.25, -0.2) is 5.43 Å². The van der Waals surface area contributed by atoms with Crippen molar-refractivity contribution in [1.82, 2.24) is 10.7 Å². The second-order valence-electron chi connectivity index (χ2n) is 4.23. The van der Waals surface area contributed by atoms with E-state index in [0.717, 1.165) is 11.3 Å². The average Bonchev–Trinajstić information content (AvgIpc) is 3.08. The molecule has 0 fully saturated rings. The molecule has 7 heteroatoms. The lowest BCUT2D eigenvalue weighted by Crippen LogP contribution is -2.34. The van der Waals surface area contributed by atoms with Crippen LogP contribution in [-0.2, 0) is 4.79 Å². The van der Waals surface area contributed by atoms with Crippen LogP contribution in [0.2, 0.25) is 0 Å². The van der Waals surface area contributed by atoms with Crippen LogP contribution in [0.3, 0.4) is 0 Å². The normalized spacial score (nSPS) is 10.4. The maximum atomic E-state index is 11.5. The van der Waals surface area contributed by atoms with Gasteiger partial charge in [-0.3, -0.25) is 9.59 Å². The number of amides is 2. The quantitative estimate of drug-likeness (QED) is 0.618. The summed E-state index contributed by atoms with van der Waals surface area (Å²) in [6.45, 7) is -0.195. The third kappa shape index (κ3) is 4.48. The molecule has 114 valence electrons. The van der Waals surface area contributed by atoms with Gasteiger partial charge in [0.2, 0.25) is 0 Å². The van der Waals surface area contributed by atoms with E-state index in [1.54, 1.807) is 37.4 Å². The number of nitrogens with zero attached hydrogens (tertiary/aromatic N) is 1. The molecule has 1 heterocycles. The summed E-state index contributed by atoms with van der Waals surface area (Å²) in [6.07, 6.45) is 2.87. The fourth-order valence-corrected chi connectivity index (χ4v) is 1.56. The van der Waals surface area contributed by atoms with Crippen LogP contribution in [0, 0.1) is 0 Å². The Kier molecular flexibility index (Phi) is 5.31. The zero-order valence-corrected chi connectivity index (χ0v) is 11.9. The van der Waals surface area contributed by atoms with Gasteiger partial charge >= 0.3 is 0 Å². The first kappa shape index (κ1) is 15.3. The van der Waals surface area contributed by atoms with E-state index in [0.29, 0.717) is 0 Å². The Balaban J connectivity index is 1.75. The number of furan rings is 1. The molecule has 22 heavy (non-hydrogen) atoms. The molecule has 7 nitrogen and oxygen atoms in total. The van der Waals surface area contributed by atoms with Crippen LogP contribution in [-0.4, -0.2) is 31.7 Å². The zero-order valence-electron chi connectivity index (χ0n) is 11.9. The van der Waals surface area contributed by atoms with E-state index in [4.69, 9.17) is 9.15 Å². The van der Waals surface area contributed by atoms with E-state index >= 15 is 0 Å². The van der Waals surface area contributed by atoms with Gasteiger partial charge in [-0.2, -0.15) is 5.10 Å². The monoisotopic (exact) mass is 301 g/mol. The van der Waals surface area contributed by atoms with E-state index in [1.165, 1.54) is 18.5 Å². The minimum atomic E-state index is -0.459. The summed E-state index contributed by atoms with van der Waals surface area (Å²) in [5, 5.41) is 6.21. The predicted molar refractivity (Wildman–Crippen MR) is 79.8 cm³/mol. The SMILES string of the molecule is COc1ccc(C=NNC(=O)CNC(=O)c2ccco2)cc1. The van der Waals surface area contributed by atoms with Gasteiger partial charge in [0.05, 0.1) is 26.1 Å². The average molecular weight is 301 g/mol. The van der Waals surface area contributed by atoms with Crippen molar-refractivity contribution in [1.29, 1.82) is 0 Å². The summed E-state index contributed by atoms with van der Waals surface area (Å²) in [5.74, 6) is -0.0136. The first-order chi connectivity index (χ1) is 10.7. The van der Waals surface area contributed by atoms with Crippen molar-refractivity contribution in [3.05, 3.63) is 54.0 Å². The predicted octanol–water partition coefficient (Wildman–Crippen LogP) is 1.17. The Morgan fingerprint density at radius 3 is 2.68 bits per heavy atom. The molecule has 0 spiro atoms. The molecular weight excluding hydrogens is 286 g/mol. The molecular formula is C15H15N3O4. The number of nitrogens with one attached hydrogen (secondary N) is 2. The summed E-state index contributed by atoms with van der Waals surface area (Å²) >= 11 is 0. The van der Waals surface area contributed by atoms with E-state index in [2.05, 4.69) is 15.8 Å². The number of hydrogen-bond donors (Lipinski definition) is 2. The van der Waals surface area contributed by atoms with Gasteiger partial charge in [-0.05, 0) is 42.0 Å². The van der Waals surface area contributed by atoms with Crippen LogP contribution in [0.1, 0.15) is 16.1 Å². The Labute approximate surface area is 127 Å². The summed E-state index contributed by atoms with van der Waals surface area (Å²) < 4.78 is 9.94. The standard InChI is InChI=1S/C15H15N3O4/c1-21-12-6-4-11(5-7-12)9-17-18-14(19)10-16-15(20)13-3-2-8-22-13/h2-9H,10H2,1H3,(H,16,20)(H,18,19). The second-order valence-corrected chi connectivity index (χ2v) is 4.23. The van der Waals surface area contributed by atoms with Crippen LogP contribution in [0.15, 0.2) is 52.2 Å². The van der Waals surface area contributed by atoms with Gasteiger partial charge in [-0.1, -0.05) is 0 Å². The van der Waals surface area contributed by atoms with Crippen molar-refractivity contribution < 1.29 is 18.7 Å². The van der Waals surface area contributed by atoms with Crippen molar-refractivity contribution in [2.75, 3.05) is 13.7 Å². The van der Waals surface area contributed by atoms with Crippen LogP contribution >= 0.6 is 0 Å². The molecule has 1 aromatic heterocycles. The van der Waals surface area contributed by atoms with Gasteiger partial charge < -0.3 is 14.5 Å². The molecule has 2 aromatic rings. The zero-order chi connectivity index (χ0) is 15.8. The summed E-state index contributed by atoms with van der Waals surface area (Å²) in [4.78, 5) is 23.0. The lowest BCUT2D eigenvalue weighted by Gasteiger charge is -2.02. The molecule has 0 bridgehead atoms. The summed E-state index contributed by atoms with van der Waals surface area (Å²) in [7, 11) is 1.58. The topological polar surface area (TPSA) is 92.9 Å². The number of methoxy groups -OCH3 is 1. The minimum Gasteiger partial charge on any atom is -0.497 e. The Hall–Kier alpha value is -3.09. The third-order valence-corrected chi connectivity index (χ3v) is 2.67. The molecule has 0 aliphatic rings. The number of hydrazone groups is 1. The fraction of sp³-hybridized carbons (Fsp3) is 0.133. The molecule has 0 atom stereocenters. The summed E-state index contributed by atoms with van der Waals surface area (Å²) in [6, 6.07) is 10.3. The lowest BCUT2D eigenvalue weighted by atomic mass is 10.2. The van der Waals surface area contributed by atoms with Crippen molar-refractivity contribution in [3.8, 4) is 5.75 Å². The van der Waals surface area contributed by atoms with Gasteiger partial charge in [-0.15, -0.1) is 0 Å². The maximum Gasteiger partial charge on any atom is 0.287 e. The highest BCUT2D eigenvalue weighted by atomic mass is 16.5. The van der Waals surface area contributed by atoms with Gasteiger partial charge in [0.15, 0.2) is 5.76 Å². The lowest BCUT2D eigenvalue weighted by molar-refractivity contribution is -0.120. The molecule has 2 amide bonds. The highest BCUT2D eigenvalue weighted by Gasteiger charge is 2.09.